The molecule has 0 aromatic rings. The van der Waals surface area contributed by atoms with Crippen LogP contribution >= 0.6 is 0 Å². The van der Waals surface area contributed by atoms with Crippen LogP contribution < -0.4 is 16.0 Å². The van der Waals surface area contributed by atoms with E-state index < -0.39 is 5.41 Å². The fourth-order valence-corrected chi connectivity index (χ4v) is 5.14. The van der Waals surface area contributed by atoms with Gasteiger partial charge in [-0.15, -0.1) is 0 Å². The van der Waals surface area contributed by atoms with Crippen molar-refractivity contribution in [3.8, 4) is 0 Å². The maximum Gasteiger partial charge on any atom is 0.228 e. The third-order valence-electron chi connectivity index (χ3n) is 7.23. The molecule has 1 saturated heterocycles. The second kappa shape index (κ2) is 7.87. The summed E-state index contributed by atoms with van der Waals surface area (Å²) in [5.74, 6) is 0.0990. The minimum absolute atomic E-state index is 0.0315. The van der Waals surface area contributed by atoms with Gasteiger partial charge in [0.2, 0.25) is 11.8 Å². The van der Waals surface area contributed by atoms with Gasteiger partial charge in [-0.25, -0.2) is 0 Å². The van der Waals surface area contributed by atoms with Crippen LogP contribution in [0.5, 0.6) is 0 Å². The molecular weight excluding hydrogens is 326 g/mol. The summed E-state index contributed by atoms with van der Waals surface area (Å²) in [5.41, 5.74) is -0.0894. The van der Waals surface area contributed by atoms with Gasteiger partial charge in [0.05, 0.1) is 5.41 Å². The number of carbonyl (C=O) groups is 2. The Morgan fingerprint density at radius 3 is 1.88 bits per heavy atom. The Morgan fingerprint density at radius 1 is 0.846 bits per heavy atom. The second-order valence-electron chi connectivity index (χ2n) is 9.88. The van der Waals surface area contributed by atoms with Crippen LogP contribution in [0.2, 0.25) is 0 Å². The van der Waals surface area contributed by atoms with E-state index in [1.165, 1.54) is 51.4 Å². The SMILES string of the molecule is CC1(CNC(=O)CC2(C(=O)NCC3(C)CCCC3)CCNC2)CCCC1. The van der Waals surface area contributed by atoms with Crippen molar-refractivity contribution in [2.45, 2.75) is 78.1 Å². The number of hydrogen-bond acceptors (Lipinski definition) is 3. The van der Waals surface area contributed by atoms with Crippen molar-refractivity contribution in [2.75, 3.05) is 26.2 Å². The molecule has 2 aliphatic carbocycles. The Hall–Kier alpha value is -1.10. The van der Waals surface area contributed by atoms with Gasteiger partial charge in [0.15, 0.2) is 0 Å². The number of carbonyl (C=O) groups excluding carboxylic acids is 2. The smallest absolute Gasteiger partial charge is 0.228 e. The highest BCUT2D eigenvalue weighted by Gasteiger charge is 2.44. The van der Waals surface area contributed by atoms with Crippen LogP contribution in [0.4, 0.5) is 0 Å². The van der Waals surface area contributed by atoms with E-state index in [-0.39, 0.29) is 22.6 Å². The number of nitrogens with one attached hydrogen (secondary N) is 3. The molecule has 1 unspecified atom stereocenters. The van der Waals surface area contributed by atoms with Crippen molar-refractivity contribution in [3.63, 3.8) is 0 Å². The lowest BCUT2D eigenvalue weighted by atomic mass is 9.81. The maximum atomic E-state index is 13.0. The molecule has 3 fully saturated rings. The Balaban J connectivity index is 1.53. The molecule has 0 aromatic heterocycles. The van der Waals surface area contributed by atoms with Gasteiger partial charge in [0.25, 0.3) is 0 Å². The summed E-state index contributed by atoms with van der Waals surface area (Å²) < 4.78 is 0. The van der Waals surface area contributed by atoms with E-state index in [0.717, 1.165) is 26.1 Å². The molecule has 3 N–H and O–H groups in total. The molecule has 5 heteroatoms. The average molecular weight is 364 g/mol. The van der Waals surface area contributed by atoms with E-state index in [1.54, 1.807) is 0 Å². The second-order valence-corrected chi connectivity index (χ2v) is 9.88. The monoisotopic (exact) mass is 363 g/mol. The summed E-state index contributed by atoms with van der Waals surface area (Å²) in [6.45, 7) is 7.45. The summed E-state index contributed by atoms with van der Waals surface area (Å²) in [6, 6.07) is 0. The molecule has 0 aromatic carbocycles. The first-order chi connectivity index (χ1) is 12.4. The van der Waals surface area contributed by atoms with Crippen molar-refractivity contribution >= 4 is 11.8 Å². The van der Waals surface area contributed by atoms with Gasteiger partial charge >= 0.3 is 0 Å². The highest BCUT2D eigenvalue weighted by molar-refractivity contribution is 5.89. The molecule has 2 amide bonds. The molecule has 26 heavy (non-hydrogen) atoms. The maximum absolute atomic E-state index is 13.0. The Kier molecular flexibility index (Phi) is 5.95. The minimum atomic E-state index is -0.574. The lowest BCUT2D eigenvalue weighted by molar-refractivity contribution is -0.136. The largest absolute Gasteiger partial charge is 0.356 e. The van der Waals surface area contributed by atoms with Gasteiger partial charge in [-0.05, 0) is 49.5 Å². The van der Waals surface area contributed by atoms with Crippen LogP contribution in [0.1, 0.15) is 78.1 Å². The van der Waals surface area contributed by atoms with E-state index in [9.17, 15) is 9.59 Å². The van der Waals surface area contributed by atoms with Gasteiger partial charge in [0.1, 0.15) is 0 Å². The molecule has 1 atom stereocenters. The first-order valence-corrected chi connectivity index (χ1v) is 10.6. The van der Waals surface area contributed by atoms with Crippen LogP contribution in [-0.2, 0) is 9.59 Å². The van der Waals surface area contributed by atoms with Crippen molar-refractivity contribution in [2.24, 2.45) is 16.2 Å². The summed E-state index contributed by atoms with van der Waals surface area (Å²) >= 11 is 0. The summed E-state index contributed by atoms with van der Waals surface area (Å²) in [5, 5.41) is 9.63. The van der Waals surface area contributed by atoms with E-state index in [1.807, 2.05) is 0 Å². The fraction of sp³-hybridized carbons (Fsp3) is 0.905. The minimum Gasteiger partial charge on any atom is -0.356 e. The van der Waals surface area contributed by atoms with Gasteiger partial charge < -0.3 is 16.0 Å². The van der Waals surface area contributed by atoms with E-state index in [0.29, 0.717) is 13.0 Å². The first kappa shape index (κ1) is 19.7. The highest BCUT2D eigenvalue weighted by atomic mass is 16.2. The van der Waals surface area contributed by atoms with Crippen LogP contribution in [0.3, 0.4) is 0 Å². The highest BCUT2D eigenvalue weighted by Crippen LogP contribution is 2.38. The Morgan fingerprint density at radius 2 is 1.38 bits per heavy atom. The molecule has 1 aliphatic heterocycles. The average Bonchev–Trinajstić information content (AvgIpc) is 3.34. The summed E-state index contributed by atoms with van der Waals surface area (Å²) in [4.78, 5) is 25.6. The third kappa shape index (κ3) is 4.59. The molecule has 2 saturated carbocycles. The topological polar surface area (TPSA) is 70.2 Å². The van der Waals surface area contributed by atoms with Crippen LogP contribution in [0.15, 0.2) is 0 Å². The molecule has 0 bridgehead atoms. The zero-order valence-electron chi connectivity index (χ0n) is 16.7. The van der Waals surface area contributed by atoms with Crippen LogP contribution in [-0.4, -0.2) is 38.0 Å². The van der Waals surface area contributed by atoms with Crippen molar-refractivity contribution in [3.05, 3.63) is 0 Å². The number of rotatable bonds is 7. The van der Waals surface area contributed by atoms with E-state index in [4.69, 9.17) is 0 Å². The molecule has 148 valence electrons. The van der Waals surface area contributed by atoms with Gasteiger partial charge in [-0.2, -0.15) is 0 Å². The standard InChI is InChI=1S/C21H37N3O2/c1-19(7-3-4-8-19)14-23-17(25)13-21(11-12-22-16-21)18(26)24-15-20(2)9-5-6-10-20/h22H,3-16H2,1-2H3,(H,23,25)(H,24,26). The molecular formula is C21H37N3O2. The Bertz CT molecular complexity index is 513. The van der Waals surface area contributed by atoms with E-state index in [2.05, 4.69) is 29.8 Å². The lowest BCUT2D eigenvalue weighted by Gasteiger charge is -2.31. The van der Waals surface area contributed by atoms with Gasteiger partial charge in [0, 0.05) is 26.1 Å². The Labute approximate surface area is 158 Å². The van der Waals surface area contributed by atoms with Gasteiger partial charge in [-0.1, -0.05) is 39.5 Å². The molecule has 0 radical (unpaired) electrons. The number of amides is 2. The van der Waals surface area contributed by atoms with Crippen LogP contribution in [0.25, 0.3) is 0 Å². The van der Waals surface area contributed by atoms with Crippen molar-refractivity contribution in [1.29, 1.82) is 0 Å². The lowest BCUT2D eigenvalue weighted by Crippen LogP contribution is -2.48. The quantitative estimate of drug-likeness (QED) is 0.651. The molecule has 0 spiro atoms. The molecule has 5 nitrogen and oxygen atoms in total. The fourth-order valence-electron chi connectivity index (χ4n) is 5.14. The third-order valence-corrected chi connectivity index (χ3v) is 7.23. The van der Waals surface area contributed by atoms with E-state index >= 15 is 0 Å². The van der Waals surface area contributed by atoms with Crippen molar-refractivity contribution < 1.29 is 9.59 Å². The zero-order chi connectivity index (χ0) is 18.7. The predicted octanol–water partition coefficient (Wildman–Crippen LogP) is 2.75. The number of hydrogen-bond donors (Lipinski definition) is 3. The predicted molar refractivity (Wildman–Crippen MR) is 104 cm³/mol. The molecule has 1 heterocycles. The first-order valence-electron chi connectivity index (χ1n) is 10.6. The molecule has 3 rings (SSSR count). The van der Waals surface area contributed by atoms with Crippen molar-refractivity contribution in [1.82, 2.24) is 16.0 Å². The summed E-state index contributed by atoms with van der Waals surface area (Å²) in [7, 11) is 0. The van der Waals surface area contributed by atoms with Crippen LogP contribution in [0, 0.1) is 16.2 Å². The normalized spacial score (nSPS) is 29.6. The summed E-state index contributed by atoms with van der Waals surface area (Å²) in [6.07, 6.45) is 10.9. The molecule has 3 aliphatic rings. The van der Waals surface area contributed by atoms with Gasteiger partial charge in [-0.3, -0.25) is 9.59 Å². The zero-order valence-corrected chi connectivity index (χ0v) is 16.7.